The summed E-state index contributed by atoms with van der Waals surface area (Å²) in [5, 5.41) is 17.6. The Kier molecular flexibility index (Phi) is 11.6. The molecule has 0 aliphatic heterocycles. The number of para-hydroxylation sites is 3. The Hall–Kier alpha value is -3.27. The van der Waals surface area contributed by atoms with Crippen molar-refractivity contribution in [2.75, 3.05) is 5.73 Å². The number of benzene rings is 3. The van der Waals surface area contributed by atoms with Crippen molar-refractivity contribution in [3.05, 3.63) is 90.5 Å². The highest BCUT2D eigenvalue weighted by Gasteiger charge is 1.87. The third-order valence-corrected chi connectivity index (χ3v) is 2.67. The predicted octanol–water partition coefficient (Wildman–Crippen LogP) is 4.18. The lowest BCUT2D eigenvalue weighted by Crippen LogP contribution is -1.79. The van der Waals surface area contributed by atoms with Gasteiger partial charge in [0, 0.05) is 5.69 Å². The summed E-state index contributed by atoms with van der Waals surface area (Å²) in [6.45, 7) is 3.87. The summed E-state index contributed by atoms with van der Waals surface area (Å²) in [5.74, 6) is 0.690. The van der Waals surface area contributed by atoms with Gasteiger partial charge < -0.3 is 20.7 Å². The lowest BCUT2D eigenvalue weighted by Gasteiger charge is -1.92. The quantitative estimate of drug-likeness (QED) is 0.541. The third kappa shape index (κ3) is 10.5. The van der Waals surface area contributed by atoms with Crippen molar-refractivity contribution in [3.8, 4) is 11.5 Å². The number of phenols is 2. The molecular formula is C20H23NO3. The summed E-state index contributed by atoms with van der Waals surface area (Å²) in [7, 11) is 0. The minimum absolute atomic E-state index is 0.322. The van der Waals surface area contributed by atoms with Crippen LogP contribution in [0.1, 0.15) is 5.56 Å². The Balaban J connectivity index is 0.000000315. The number of anilines is 1. The number of nitrogens with two attached hydrogens (primary N) is 1. The van der Waals surface area contributed by atoms with Crippen molar-refractivity contribution in [3.63, 3.8) is 0 Å². The van der Waals surface area contributed by atoms with Crippen LogP contribution in [-0.2, 0) is 4.79 Å². The number of aromatic hydroxyl groups is 2. The molecule has 4 nitrogen and oxygen atoms in total. The van der Waals surface area contributed by atoms with Crippen LogP contribution in [0.5, 0.6) is 11.5 Å². The molecule has 0 amide bonds. The van der Waals surface area contributed by atoms with Crippen LogP contribution >= 0.6 is 0 Å². The first kappa shape index (κ1) is 20.7. The van der Waals surface area contributed by atoms with Crippen LogP contribution in [-0.4, -0.2) is 17.0 Å². The van der Waals surface area contributed by atoms with E-state index in [1.165, 1.54) is 0 Å². The van der Waals surface area contributed by atoms with Gasteiger partial charge in [-0.2, -0.15) is 0 Å². The maximum atomic E-state index is 8.92. The van der Waals surface area contributed by atoms with E-state index in [4.69, 9.17) is 20.7 Å². The third-order valence-electron chi connectivity index (χ3n) is 2.67. The summed E-state index contributed by atoms with van der Waals surface area (Å²) in [4.78, 5) is 8.00. The summed E-state index contributed by atoms with van der Waals surface area (Å²) in [5.41, 5.74) is 7.10. The molecule has 0 unspecified atom stereocenters. The standard InChI is InChI=1S/C7H8O.C6H7N.C6H6O.CH2O/c1-6-4-2-3-5-7(6)8;2*7-6-4-2-1-3-5-6;1-2/h2-5,8H,1H3;1-5H,7H2;1-5,7H;1H2. The number of aryl methyl sites for hydroxylation is 1. The van der Waals surface area contributed by atoms with Gasteiger partial charge in [0.05, 0.1) is 0 Å². The molecule has 0 heterocycles. The Morgan fingerprint density at radius 1 is 0.708 bits per heavy atom. The molecule has 0 fully saturated rings. The van der Waals surface area contributed by atoms with E-state index in [9.17, 15) is 0 Å². The van der Waals surface area contributed by atoms with Crippen molar-refractivity contribution in [1.29, 1.82) is 0 Å². The van der Waals surface area contributed by atoms with Gasteiger partial charge in [-0.25, -0.2) is 0 Å². The van der Waals surface area contributed by atoms with Gasteiger partial charge in [0.2, 0.25) is 0 Å². The molecule has 126 valence electrons. The lowest BCUT2D eigenvalue weighted by molar-refractivity contribution is -0.0979. The first-order valence-electron chi connectivity index (χ1n) is 7.17. The first-order chi connectivity index (χ1) is 11.6. The SMILES string of the molecule is C=O.Cc1ccccc1O.Nc1ccccc1.Oc1ccccc1. The van der Waals surface area contributed by atoms with Crippen molar-refractivity contribution in [2.45, 2.75) is 6.92 Å². The number of carbonyl (C=O) groups is 1. The van der Waals surface area contributed by atoms with Gasteiger partial charge in [0.25, 0.3) is 0 Å². The van der Waals surface area contributed by atoms with Crippen LogP contribution in [0.2, 0.25) is 0 Å². The average Bonchev–Trinajstić information content (AvgIpc) is 2.62. The first-order valence-corrected chi connectivity index (χ1v) is 7.17. The van der Waals surface area contributed by atoms with E-state index in [2.05, 4.69) is 0 Å². The molecule has 0 atom stereocenters. The fourth-order valence-electron chi connectivity index (χ4n) is 1.44. The minimum Gasteiger partial charge on any atom is -0.508 e. The molecule has 0 aliphatic rings. The van der Waals surface area contributed by atoms with E-state index in [0.29, 0.717) is 11.5 Å². The molecule has 0 aliphatic carbocycles. The van der Waals surface area contributed by atoms with Gasteiger partial charge in [-0.05, 0) is 42.8 Å². The summed E-state index contributed by atoms with van der Waals surface area (Å²) in [6, 6.07) is 25.5. The minimum atomic E-state index is 0.322. The molecule has 0 saturated carbocycles. The van der Waals surface area contributed by atoms with Crippen molar-refractivity contribution in [1.82, 2.24) is 0 Å². The predicted molar refractivity (Wildman–Crippen MR) is 98.9 cm³/mol. The zero-order chi connectivity index (χ0) is 18.2. The highest BCUT2D eigenvalue weighted by molar-refractivity contribution is 5.35. The molecule has 0 bridgehead atoms. The molecule has 0 radical (unpaired) electrons. The highest BCUT2D eigenvalue weighted by Crippen LogP contribution is 2.12. The second-order valence-corrected chi connectivity index (χ2v) is 4.53. The molecule has 4 heteroatoms. The van der Waals surface area contributed by atoms with Crippen molar-refractivity contribution in [2.24, 2.45) is 0 Å². The topological polar surface area (TPSA) is 83.5 Å². The number of carbonyl (C=O) groups excluding carboxylic acids is 1. The molecule has 3 rings (SSSR count). The number of hydrogen-bond donors (Lipinski definition) is 3. The highest BCUT2D eigenvalue weighted by atomic mass is 16.3. The fraction of sp³-hybridized carbons (Fsp3) is 0.0500. The van der Waals surface area contributed by atoms with Gasteiger partial charge in [-0.15, -0.1) is 0 Å². The monoisotopic (exact) mass is 325 g/mol. The Bertz CT molecular complexity index is 599. The van der Waals surface area contributed by atoms with Gasteiger partial charge in [-0.1, -0.05) is 54.6 Å². The number of nitrogen functional groups attached to an aromatic ring is 1. The molecule has 0 spiro atoms. The molecule has 0 saturated heterocycles. The Morgan fingerprint density at radius 3 is 1.38 bits per heavy atom. The van der Waals surface area contributed by atoms with Crippen LogP contribution in [0.4, 0.5) is 5.69 Å². The summed E-state index contributed by atoms with van der Waals surface area (Å²) >= 11 is 0. The summed E-state index contributed by atoms with van der Waals surface area (Å²) in [6.07, 6.45) is 0. The maximum absolute atomic E-state index is 8.92. The second-order valence-electron chi connectivity index (χ2n) is 4.53. The van der Waals surface area contributed by atoms with E-state index in [1.807, 2.05) is 68.3 Å². The molecule has 3 aromatic carbocycles. The van der Waals surface area contributed by atoms with Crippen molar-refractivity contribution >= 4 is 12.5 Å². The van der Waals surface area contributed by atoms with E-state index in [-0.39, 0.29) is 0 Å². The normalized spacial score (nSPS) is 8.21. The smallest absolute Gasteiger partial charge is 0.118 e. The fourth-order valence-corrected chi connectivity index (χ4v) is 1.44. The van der Waals surface area contributed by atoms with E-state index < -0.39 is 0 Å². The second kappa shape index (κ2) is 13.4. The van der Waals surface area contributed by atoms with Crippen LogP contribution in [0.15, 0.2) is 84.9 Å². The number of rotatable bonds is 0. The van der Waals surface area contributed by atoms with E-state index in [1.54, 1.807) is 30.3 Å². The average molecular weight is 325 g/mol. The Labute approximate surface area is 142 Å². The molecule has 0 aromatic heterocycles. The van der Waals surface area contributed by atoms with Crippen molar-refractivity contribution < 1.29 is 15.0 Å². The van der Waals surface area contributed by atoms with Gasteiger partial charge in [0.15, 0.2) is 0 Å². The number of phenolic OH excluding ortho intramolecular Hbond substituents is 2. The molecule has 3 aromatic rings. The summed E-state index contributed by atoms with van der Waals surface area (Å²) < 4.78 is 0. The molecule has 4 N–H and O–H groups in total. The molecule has 24 heavy (non-hydrogen) atoms. The largest absolute Gasteiger partial charge is 0.508 e. The van der Waals surface area contributed by atoms with E-state index in [0.717, 1.165) is 11.3 Å². The zero-order valence-corrected chi connectivity index (χ0v) is 13.7. The maximum Gasteiger partial charge on any atom is 0.118 e. The van der Waals surface area contributed by atoms with E-state index >= 15 is 0 Å². The lowest BCUT2D eigenvalue weighted by atomic mass is 10.2. The zero-order valence-electron chi connectivity index (χ0n) is 13.7. The van der Waals surface area contributed by atoms with Crippen LogP contribution in [0.25, 0.3) is 0 Å². The van der Waals surface area contributed by atoms with Crippen LogP contribution in [0.3, 0.4) is 0 Å². The number of hydrogen-bond acceptors (Lipinski definition) is 4. The van der Waals surface area contributed by atoms with Crippen LogP contribution in [0, 0.1) is 6.92 Å². The van der Waals surface area contributed by atoms with Gasteiger partial charge in [0.1, 0.15) is 18.3 Å². The Morgan fingerprint density at radius 2 is 1.12 bits per heavy atom. The van der Waals surface area contributed by atoms with Crippen LogP contribution < -0.4 is 5.73 Å². The van der Waals surface area contributed by atoms with Gasteiger partial charge in [-0.3, -0.25) is 0 Å². The van der Waals surface area contributed by atoms with Gasteiger partial charge >= 0.3 is 0 Å². The molecular weight excluding hydrogens is 302 g/mol.